The van der Waals surface area contributed by atoms with Gasteiger partial charge in [0.05, 0.1) is 18.8 Å². The van der Waals surface area contributed by atoms with Crippen molar-refractivity contribution in [3.05, 3.63) is 89.0 Å². The fraction of sp³-hybridized carbons (Fsp3) is 0.231. The van der Waals surface area contributed by atoms with E-state index in [0.717, 1.165) is 16.9 Å². The molecule has 0 radical (unpaired) electrons. The molecule has 0 spiro atoms. The number of benzene rings is 3. The van der Waals surface area contributed by atoms with Gasteiger partial charge in [-0.15, -0.1) is 0 Å². The Labute approximate surface area is 188 Å². The summed E-state index contributed by atoms with van der Waals surface area (Å²) in [7, 11) is 0. The number of anilines is 1. The highest BCUT2D eigenvalue weighted by molar-refractivity contribution is 6.04. The van der Waals surface area contributed by atoms with Crippen molar-refractivity contribution in [3.8, 4) is 11.5 Å². The number of hydrogen-bond acceptors (Lipinski definition) is 5. The summed E-state index contributed by atoms with van der Waals surface area (Å²) in [6.07, 6.45) is 0. The number of ether oxygens (including phenoxy) is 3. The Bertz CT molecular complexity index is 1080. The number of aryl methyl sites for hydroxylation is 1. The van der Waals surface area contributed by atoms with E-state index in [2.05, 4.69) is 5.32 Å². The normalized spacial score (nSPS) is 10.3. The quantitative estimate of drug-likeness (QED) is 0.457. The van der Waals surface area contributed by atoms with Crippen molar-refractivity contribution in [3.63, 3.8) is 0 Å². The number of rotatable bonds is 9. The first kappa shape index (κ1) is 22.9. The Balaban J connectivity index is 1.74. The van der Waals surface area contributed by atoms with Crippen LogP contribution in [-0.2, 0) is 11.3 Å². The molecule has 166 valence electrons. The van der Waals surface area contributed by atoms with Gasteiger partial charge in [0, 0.05) is 16.8 Å². The lowest BCUT2D eigenvalue weighted by Crippen LogP contribution is -2.13. The number of para-hydroxylation sites is 1. The zero-order valence-corrected chi connectivity index (χ0v) is 18.5. The number of esters is 1. The van der Waals surface area contributed by atoms with E-state index in [-0.39, 0.29) is 12.5 Å². The topological polar surface area (TPSA) is 73.9 Å². The van der Waals surface area contributed by atoms with E-state index >= 15 is 0 Å². The van der Waals surface area contributed by atoms with Gasteiger partial charge in [-0.1, -0.05) is 18.2 Å². The van der Waals surface area contributed by atoms with Crippen molar-refractivity contribution in [2.75, 3.05) is 18.5 Å². The Morgan fingerprint density at radius 1 is 0.812 bits per heavy atom. The first-order valence-electron chi connectivity index (χ1n) is 10.5. The van der Waals surface area contributed by atoms with Crippen molar-refractivity contribution in [2.24, 2.45) is 0 Å². The van der Waals surface area contributed by atoms with Gasteiger partial charge in [0.2, 0.25) is 0 Å². The summed E-state index contributed by atoms with van der Waals surface area (Å²) in [5.41, 5.74) is 3.30. The van der Waals surface area contributed by atoms with E-state index in [1.807, 2.05) is 38.1 Å². The van der Waals surface area contributed by atoms with E-state index < -0.39 is 5.97 Å². The van der Waals surface area contributed by atoms with E-state index in [4.69, 9.17) is 14.2 Å². The minimum Gasteiger partial charge on any atom is -0.493 e. The van der Waals surface area contributed by atoms with Gasteiger partial charge in [-0.25, -0.2) is 4.79 Å². The molecule has 3 aromatic carbocycles. The summed E-state index contributed by atoms with van der Waals surface area (Å²) < 4.78 is 16.6. The Kier molecular flexibility index (Phi) is 7.86. The lowest BCUT2D eigenvalue weighted by atomic mass is 10.1. The third-order valence-corrected chi connectivity index (χ3v) is 4.75. The van der Waals surface area contributed by atoms with Gasteiger partial charge < -0.3 is 19.5 Å². The molecule has 0 aliphatic rings. The molecule has 0 fully saturated rings. The molecule has 0 saturated heterocycles. The third kappa shape index (κ3) is 5.88. The number of nitrogens with one attached hydrogen (secondary N) is 1. The molecule has 0 atom stereocenters. The standard InChI is InChI=1S/C26H27NO5/c1-4-30-24-15-12-20(16-21(24)17-32-23-9-7-6-8-18(23)3)25(28)27-22-13-10-19(11-14-22)26(29)31-5-2/h6-16H,4-5,17H2,1-3H3,(H,27,28). The SMILES string of the molecule is CCOC(=O)c1ccc(NC(=O)c2ccc(OCC)c(COc3ccccc3C)c2)cc1. The molecule has 0 aromatic heterocycles. The molecular formula is C26H27NO5. The number of carbonyl (C=O) groups excluding carboxylic acids is 2. The van der Waals surface area contributed by atoms with Gasteiger partial charge in [-0.2, -0.15) is 0 Å². The zero-order valence-electron chi connectivity index (χ0n) is 18.5. The second-order valence-electron chi connectivity index (χ2n) is 7.06. The van der Waals surface area contributed by atoms with Crippen LogP contribution in [0, 0.1) is 6.92 Å². The highest BCUT2D eigenvalue weighted by Crippen LogP contribution is 2.25. The molecule has 3 rings (SSSR count). The molecule has 0 saturated carbocycles. The van der Waals surface area contributed by atoms with Crippen LogP contribution in [0.3, 0.4) is 0 Å². The van der Waals surface area contributed by atoms with E-state index in [0.29, 0.717) is 35.8 Å². The molecule has 0 aliphatic heterocycles. The first-order valence-corrected chi connectivity index (χ1v) is 10.5. The second kappa shape index (κ2) is 11.0. The summed E-state index contributed by atoms with van der Waals surface area (Å²) in [4.78, 5) is 24.6. The van der Waals surface area contributed by atoms with Crippen LogP contribution < -0.4 is 14.8 Å². The van der Waals surface area contributed by atoms with Crippen LogP contribution in [0.15, 0.2) is 66.7 Å². The van der Waals surface area contributed by atoms with Crippen LogP contribution in [0.25, 0.3) is 0 Å². The van der Waals surface area contributed by atoms with Crippen molar-refractivity contribution >= 4 is 17.6 Å². The Morgan fingerprint density at radius 3 is 2.22 bits per heavy atom. The van der Waals surface area contributed by atoms with Crippen LogP contribution in [0.4, 0.5) is 5.69 Å². The summed E-state index contributed by atoms with van der Waals surface area (Å²) in [5.74, 6) is 0.798. The average molecular weight is 434 g/mol. The number of hydrogen-bond donors (Lipinski definition) is 1. The lowest BCUT2D eigenvalue weighted by Gasteiger charge is -2.14. The average Bonchev–Trinajstić information content (AvgIpc) is 2.80. The van der Waals surface area contributed by atoms with Crippen molar-refractivity contribution < 1.29 is 23.8 Å². The van der Waals surface area contributed by atoms with E-state index in [9.17, 15) is 9.59 Å². The van der Waals surface area contributed by atoms with Gasteiger partial charge in [-0.05, 0) is 74.9 Å². The van der Waals surface area contributed by atoms with Crippen molar-refractivity contribution in [2.45, 2.75) is 27.4 Å². The van der Waals surface area contributed by atoms with E-state index in [1.54, 1.807) is 49.4 Å². The summed E-state index contributed by atoms with van der Waals surface area (Å²) in [6.45, 7) is 6.74. The van der Waals surface area contributed by atoms with Gasteiger partial charge in [0.1, 0.15) is 18.1 Å². The summed E-state index contributed by atoms with van der Waals surface area (Å²) in [6, 6.07) is 19.6. The molecule has 0 aliphatic carbocycles. The maximum absolute atomic E-state index is 12.8. The monoisotopic (exact) mass is 433 g/mol. The van der Waals surface area contributed by atoms with Gasteiger partial charge in [0.15, 0.2) is 0 Å². The molecule has 1 amide bonds. The van der Waals surface area contributed by atoms with Crippen LogP contribution >= 0.6 is 0 Å². The van der Waals surface area contributed by atoms with Crippen molar-refractivity contribution in [1.29, 1.82) is 0 Å². The van der Waals surface area contributed by atoms with Gasteiger partial charge >= 0.3 is 5.97 Å². The zero-order chi connectivity index (χ0) is 22.9. The summed E-state index contributed by atoms with van der Waals surface area (Å²) in [5, 5.41) is 2.85. The second-order valence-corrected chi connectivity index (χ2v) is 7.06. The largest absolute Gasteiger partial charge is 0.493 e. The Hall–Kier alpha value is -3.80. The van der Waals surface area contributed by atoms with Crippen LogP contribution in [-0.4, -0.2) is 25.1 Å². The molecule has 0 heterocycles. The fourth-order valence-electron chi connectivity index (χ4n) is 3.11. The predicted octanol–water partition coefficient (Wildman–Crippen LogP) is 5.40. The molecule has 1 N–H and O–H groups in total. The molecule has 3 aromatic rings. The maximum atomic E-state index is 12.8. The predicted molar refractivity (Wildman–Crippen MR) is 123 cm³/mol. The lowest BCUT2D eigenvalue weighted by molar-refractivity contribution is 0.0526. The number of carbonyl (C=O) groups is 2. The Morgan fingerprint density at radius 2 is 1.53 bits per heavy atom. The summed E-state index contributed by atoms with van der Waals surface area (Å²) >= 11 is 0. The molecule has 0 unspecified atom stereocenters. The van der Waals surface area contributed by atoms with E-state index in [1.165, 1.54) is 0 Å². The third-order valence-electron chi connectivity index (χ3n) is 4.75. The van der Waals surface area contributed by atoms with Gasteiger partial charge in [-0.3, -0.25) is 4.79 Å². The number of amides is 1. The molecule has 0 bridgehead atoms. The maximum Gasteiger partial charge on any atom is 0.338 e. The fourth-order valence-corrected chi connectivity index (χ4v) is 3.11. The molecule has 32 heavy (non-hydrogen) atoms. The van der Waals surface area contributed by atoms with Crippen LogP contribution in [0.2, 0.25) is 0 Å². The van der Waals surface area contributed by atoms with Crippen molar-refractivity contribution in [1.82, 2.24) is 0 Å². The highest BCUT2D eigenvalue weighted by atomic mass is 16.5. The van der Waals surface area contributed by atoms with Gasteiger partial charge in [0.25, 0.3) is 5.91 Å². The minimum absolute atomic E-state index is 0.269. The first-order chi connectivity index (χ1) is 15.5. The molecule has 6 heteroatoms. The van der Waals surface area contributed by atoms with Crippen LogP contribution in [0.5, 0.6) is 11.5 Å². The molecular weight excluding hydrogens is 406 g/mol. The smallest absolute Gasteiger partial charge is 0.338 e. The van der Waals surface area contributed by atoms with Crippen LogP contribution in [0.1, 0.15) is 45.7 Å². The molecule has 6 nitrogen and oxygen atoms in total. The highest BCUT2D eigenvalue weighted by Gasteiger charge is 2.13. The minimum atomic E-state index is -0.393.